The van der Waals surface area contributed by atoms with Gasteiger partial charge in [-0.3, -0.25) is 0 Å². The minimum Gasteiger partial charge on any atom is -0.480 e. The number of hydrogen-bond donors (Lipinski definition) is 3. The zero-order valence-corrected chi connectivity index (χ0v) is 12.2. The van der Waals surface area contributed by atoms with Crippen molar-refractivity contribution in [2.24, 2.45) is 0 Å². The van der Waals surface area contributed by atoms with Crippen LogP contribution in [-0.2, 0) is 9.53 Å². The van der Waals surface area contributed by atoms with Crippen LogP contribution in [-0.4, -0.2) is 54.9 Å². The molecule has 1 unspecified atom stereocenters. The SMILES string of the molecule is C=C(C)COCCNC(=O)NC(CCSC)C(=O)O. The first-order valence-electron chi connectivity index (χ1n) is 5.95. The van der Waals surface area contributed by atoms with Crippen LogP contribution in [0.25, 0.3) is 0 Å². The molecule has 6 nitrogen and oxygen atoms in total. The van der Waals surface area contributed by atoms with Crippen molar-refractivity contribution in [3.63, 3.8) is 0 Å². The van der Waals surface area contributed by atoms with Gasteiger partial charge in [0.15, 0.2) is 0 Å². The van der Waals surface area contributed by atoms with Gasteiger partial charge in [0, 0.05) is 6.54 Å². The van der Waals surface area contributed by atoms with Crippen molar-refractivity contribution >= 4 is 23.8 Å². The smallest absolute Gasteiger partial charge is 0.326 e. The molecule has 0 spiro atoms. The predicted octanol–water partition coefficient (Wildman–Crippen LogP) is 1.08. The molecule has 0 aliphatic rings. The van der Waals surface area contributed by atoms with Crippen LogP contribution in [0.2, 0.25) is 0 Å². The van der Waals surface area contributed by atoms with Gasteiger partial charge in [0.1, 0.15) is 6.04 Å². The van der Waals surface area contributed by atoms with E-state index in [-0.39, 0.29) is 0 Å². The Morgan fingerprint density at radius 2 is 2.16 bits per heavy atom. The van der Waals surface area contributed by atoms with Gasteiger partial charge in [-0.1, -0.05) is 12.2 Å². The molecular weight excluding hydrogens is 268 g/mol. The molecule has 0 aromatic rings. The average Bonchev–Trinajstić information content (AvgIpc) is 2.33. The summed E-state index contributed by atoms with van der Waals surface area (Å²) in [7, 11) is 0. The molecular formula is C12H22N2O4S. The van der Waals surface area contributed by atoms with Crippen molar-refractivity contribution < 1.29 is 19.4 Å². The van der Waals surface area contributed by atoms with Crippen LogP contribution in [0.3, 0.4) is 0 Å². The third kappa shape index (κ3) is 10.4. The van der Waals surface area contributed by atoms with Gasteiger partial charge in [-0.15, -0.1) is 0 Å². The summed E-state index contributed by atoms with van der Waals surface area (Å²) in [6, 6.07) is -1.35. The molecule has 7 heteroatoms. The summed E-state index contributed by atoms with van der Waals surface area (Å²) in [6.45, 7) is 6.68. The van der Waals surface area contributed by atoms with E-state index in [9.17, 15) is 9.59 Å². The monoisotopic (exact) mass is 290 g/mol. The van der Waals surface area contributed by atoms with E-state index in [0.717, 1.165) is 5.57 Å². The standard InChI is InChI=1S/C12H22N2O4S/c1-9(2)8-18-6-5-13-12(17)14-10(11(15)16)4-7-19-3/h10H,1,4-8H2,2-3H3,(H,15,16)(H2,13,14,17). The summed E-state index contributed by atoms with van der Waals surface area (Å²) in [4.78, 5) is 22.4. The molecule has 1 atom stereocenters. The number of carbonyl (C=O) groups is 2. The Hall–Kier alpha value is -1.21. The summed E-state index contributed by atoms with van der Waals surface area (Å²) >= 11 is 1.54. The Bertz CT molecular complexity index is 310. The van der Waals surface area contributed by atoms with Gasteiger partial charge in [-0.2, -0.15) is 11.8 Å². The molecule has 0 heterocycles. The summed E-state index contributed by atoms with van der Waals surface area (Å²) in [6.07, 6.45) is 2.29. The summed E-state index contributed by atoms with van der Waals surface area (Å²) in [5.74, 6) is -0.346. The second-order valence-corrected chi connectivity index (χ2v) is 5.07. The minimum atomic E-state index is -1.03. The van der Waals surface area contributed by atoms with Crippen molar-refractivity contribution in [3.8, 4) is 0 Å². The van der Waals surface area contributed by atoms with E-state index in [1.54, 1.807) is 0 Å². The number of urea groups is 1. The molecule has 110 valence electrons. The molecule has 0 bridgehead atoms. The molecule has 0 aromatic carbocycles. The molecule has 3 N–H and O–H groups in total. The summed E-state index contributed by atoms with van der Waals surface area (Å²) < 4.78 is 5.20. The van der Waals surface area contributed by atoms with Crippen molar-refractivity contribution in [3.05, 3.63) is 12.2 Å². The molecule has 19 heavy (non-hydrogen) atoms. The van der Waals surface area contributed by atoms with Crippen LogP contribution in [0.15, 0.2) is 12.2 Å². The lowest BCUT2D eigenvalue weighted by Crippen LogP contribution is -2.47. The largest absolute Gasteiger partial charge is 0.480 e. The first-order valence-corrected chi connectivity index (χ1v) is 7.35. The number of hydrogen-bond acceptors (Lipinski definition) is 4. The van der Waals surface area contributed by atoms with Gasteiger partial charge >= 0.3 is 12.0 Å². The summed E-state index contributed by atoms with van der Waals surface area (Å²) in [5, 5.41) is 13.9. The third-order valence-corrected chi connectivity index (χ3v) is 2.74. The molecule has 2 amide bonds. The zero-order valence-electron chi connectivity index (χ0n) is 11.4. The number of nitrogens with one attached hydrogen (secondary N) is 2. The van der Waals surface area contributed by atoms with Gasteiger partial charge in [0.2, 0.25) is 0 Å². The highest BCUT2D eigenvalue weighted by atomic mass is 32.2. The summed E-state index contributed by atoms with van der Waals surface area (Å²) in [5.41, 5.74) is 0.910. The highest BCUT2D eigenvalue weighted by molar-refractivity contribution is 7.98. The van der Waals surface area contributed by atoms with Gasteiger partial charge in [-0.25, -0.2) is 9.59 Å². The first kappa shape index (κ1) is 17.8. The van der Waals surface area contributed by atoms with Crippen molar-refractivity contribution in [1.82, 2.24) is 10.6 Å². The van der Waals surface area contributed by atoms with E-state index in [1.165, 1.54) is 11.8 Å². The van der Waals surface area contributed by atoms with Crippen molar-refractivity contribution in [1.29, 1.82) is 0 Å². The van der Waals surface area contributed by atoms with E-state index in [1.807, 2.05) is 13.2 Å². The second-order valence-electron chi connectivity index (χ2n) is 4.08. The Kier molecular flexibility index (Phi) is 10.0. The van der Waals surface area contributed by atoms with Crippen LogP contribution < -0.4 is 10.6 Å². The van der Waals surface area contributed by atoms with E-state index >= 15 is 0 Å². The van der Waals surface area contributed by atoms with Gasteiger partial charge in [-0.05, 0) is 25.4 Å². The number of carboxylic acids is 1. The van der Waals surface area contributed by atoms with E-state index in [0.29, 0.717) is 31.9 Å². The molecule has 0 aliphatic heterocycles. The maximum Gasteiger partial charge on any atom is 0.326 e. The topological polar surface area (TPSA) is 87.7 Å². The fraction of sp³-hybridized carbons (Fsp3) is 0.667. The average molecular weight is 290 g/mol. The van der Waals surface area contributed by atoms with Crippen LogP contribution >= 0.6 is 11.8 Å². The van der Waals surface area contributed by atoms with Crippen LogP contribution in [0, 0.1) is 0 Å². The molecule has 0 aromatic heterocycles. The lowest BCUT2D eigenvalue weighted by Gasteiger charge is -2.14. The maximum atomic E-state index is 11.5. The lowest BCUT2D eigenvalue weighted by atomic mass is 10.2. The Morgan fingerprint density at radius 1 is 1.47 bits per heavy atom. The molecule has 0 aliphatic carbocycles. The van der Waals surface area contributed by atoms with Crippen LogP contribution in [0.4, 0.5) is 4.79 Å². The van der Waals surface area contributed by atoms with Crippen molar-refractivity contribution in [2.45, 2.75) is 19.4 Å². The van der Waals surface area contributed by atoms with Crippen LogP contribution in [0.1, 0.15) is 13.3 Å². The number of carboxylic acid groups (broad SMARTS) is 1. The molecule has 0 saturated heterocycles. The van der Waals surface area contributed by atoms with E-state index < -0.39 is 18.0 Å². The normalized spacial score (nSPS) is 11.7. The fourth-order valence-electron chi connectivity index (χ4n) is 1.19. The van der Waals surface area contributed by atoms with Gasteiger partial charge in [0.25, 0.3) is 0 Å². The molecule has 0 radical (unpaired) electrons. The van der Waals surface area contributed by atoms with Gasteiger partial charge < -0.3 is 20.5 Å². The van der Waals surface area contributed by atoms with Crippen LogP contribution in [0.5, 0.6) is 0 Å². The van der Waals surface area contributed by atoms with Gasteiger partial charge in [0.05, 0.1) is 13.2 Å². The predicted molar refractivity (Wildman–Crippen MR) is 76.6 cm³/mol. The van der Waals surface area contributed by atoms with E-state index in [4.69, 9.17) is 9.84 Å². The highest BCUT2D eigenvalue weighted by Crippen LogP contribution is 2.00. The Labute approximate surface area is 118 Å². The lowest BCUT2D eigenvalue weighted by molar-refractivity contribution is -0.139. The quantitative estimate of drug-likeness (QED) is 0.414. The number of ether oxygens (including phenoxy) is 1. The Morgan fingerprint density at radius 3 is 2.68 bits per heavy atom. The van der Waals surface area contributed by atoms with E-state index in [2.05, 4.69) is 17.2 Å². The molecule has 0 rings (SSSR count). The number of rotatable bonds is 10. The number of thioether (sulfide) groups is 1. The van der Waals surface area contributed by atoms with Crippen molar-refractivity contribution in [2.75, 3.05) is 31.8 Å². The first-order chi connectivity index (χ1) is 8.97. The zero-order chi connectivity index (χ0) is 14.7. The Balaban J connectivity index is 3.80. The molecule has 0 fully saturated rings. The number of carbonyl (C=O) groups excluding carboxylic acids is 1. The number of aliphatic carboxylic acids is 1. The highest BCUT2D eigenvalue weighted by Gasteiger charge is 2.18. The third-order valence-electron chi connectivity index (χ3n) is 2.09. The maximum absolute atomic E-state index is 11.5. The number of amides is 2. The minimum absolute atomic E-state index is 0.327. The molecule has 0 saturated carbocycles. The fourth-order valence-corrected chi connectivity index (χ4v) is 1.66. The second kappa shape index (κ2) is 10.7.